The van der Waals surface area contributed by atoms with Crippen LogP contribution >= 0.6 is 0 Å². The average Bonchev–Trinajstić information content (AvgIpc) is 2.08. The van der Waals surface area contributed by atoms with Crippen molar-refractivity contribution in [1.82, 2.24) is 10.2 Å². The molecule has 0 aliphatic heterocycles. The van der Waals surface area contributed by atoms with Crippen LogP contribution in [0.4, 0.5) is 0 Å². The van der Waals surface area contributed by atoms with Crippen molar-refractivity contribution in [1.29, 1.82) is 0 Å². The molecule has 0 atom stereocenters. The third kappa shape index (κ3) is 9.81. The molecular formula is C12H24N2O3. The molecule has 5 nitrogen and oxygen atoms in total. The average molecular weight is 244 g/mol. The Morgan fingerprint density at radius 2 is 1.82 bits per heavy atom. The lowest BCUT2D eigenvalue weighted by Crippen LogP contribution is -2.31. The number of carbonyl (C=O) groups excluding carboxylic acids is 1. The number of carboxylic acids is 1. The second-order valence-electron chi connectivity index (χ2n) is 5.42. The van der Waals surface area contributed by atoms with Gasteiger partial charge in [-0.3, -0.25) is 9.59 Å². The van der Waals surface area contributed by atoms with Gasteiger partial charge in [-0.25, -0.2) is 0 Å². The van der Waals surface area contributed by atoms with Gasteiger partial charge in [-0.05, 0) is 32.5 Å². The van der Waals surface area contributed by atoms with Crippen molar-refractivity contribution in [2.75, 3.05) is 27.2 Å². The van der Waals surface area contributed by atoms with E-state index >= 15 is 0 Å². The molecule has 0 rings (SSSR count). The number of amides is 1. The summed E-state index contributed by atoms with van der Waals surface area (Å²) in [4.78, 5) is 24.2. The van der Waals surface area contributed by atoms with Crippen molar-refractivity contribution in [3.8, 4) is 0 Å². The minimum Gasteiger partial charge on any atom is -0.481 e. The zero-order valence-corrected chi connectivity index (χ0v) is 11.2. The van der Waals surface area contributed by atoms with Gasteiger partial charge in [0.05, 0.1) is 6.42 Å². The van der Waals surface area contributed by atoms with Crippen molar-refractivity contribution < 1.29 is 14.7 Å². The summed E-state index contributed by atoms with van der Waals surface area (Å²) in [7, 11) is 3.97. The highest BCUT2D eigenvalue weighted by atomic mass is 16.4. The van der Waals surface area contributed by atoms with Crippen LogP contribution < -0.4 is 5.32 Å². The minimum atomic E-state index is -0.865. The number of carbonyl (C=O) groups is 2. The van der Waals surface area contributed by atoms with Gasteiger partial charge in [0.25, 0.3) is 0 Å². The zero-order valence-electron chi connectivity index (χ0n) is 11.2. The van der Waals surface area contributed by atoms with E-state index in [9.17, 15) is 9.59 Å². The molecule has 0 heterocycles. The van der Waals surface area contributed by atoms with Crippen molar-refractivity contribution in [3.63, 3.8) is 0 Å². The van der Waals surface area contributed by atoms with Crippen LogP contribution in [0.2, 0.25) is 0 Å². The number of carboxylic acid groups (broad SMARTS) is 1. The predicted octanol–water partition coefficient (Wildman–Crippen LogP) is 0.945. The van der Waals surface area contributed by atoms with Gasteiger partial charge in [0.15, 0.2) is 0 Å². The van der Waals surface area contributed by atoms with Crippen LogP contribution in [-0.4, -0.2) is 49.1 Å². The first-order valence-electron chi connectivity index (χ1n) is 5.86. The smallest absolute Gasteiger partial charge is 0.303 e. The van der Waals surface area contributed by atoms with Crippen LogP contribution in [0.3, 0.4) is 0 Å². The van der Waals surface area contributed by atoms with Gasteiger partial charge in [0.2, 0.25) is 5.91 Å². The van der Waals surface area contributed by atoms with Gasteiger partial charge in [0, 0.05) is 13.0 Å². The van der Waals surface area contributed by atoms with Gasteiger partial charge >= 0.3 is 5.97 Å². The van der Waals surface area contributed by atoms with E-state index < -0.39 is 11.4 Å². The number of nitrogens with zero attached hydrogens (tertiary/aromatic N) is 1. The van der Waals surface area contributed by atoms with E-state index in [4.69, 9.17) is 5.11 Å². The summed E-state index contributed by atoms with van der Waals surface area (Å²) in [5, 5.41) is 11.5. The lowest BCUT2D eigenvalue weighted by molar-refractivity contribution is -0.139. The Balaban J connectivity index is 3.81. The van der Waals surface area contributed by atoms with Crippen LogP contribution in [0, 0.1) is 5.41 Å². The molecule has 17 heavy (non-hydrogen) atoms. The first kappa shape index (κ1) is 15.9. The summed E-state index contributed by atoms with van der Waals surface area (Å²) < 4.78 is 0. The molecule has 1 amide bonds. The van der Waals surface area contributed by atoms with E-state index in [1.807, 2.05) is 14.1 Å². The Labute approximate surface area is 103 Å². The van der Waals surface area contributed by atoms with E-state index in [1.165, 1.54) is 0 Å². The van der Waals surface area contributed by atoms with Crippen molar-refractivity contribution in [3.05, 3.63) is 0 Å². The highest BCUT2D eigenvalue weighted by Crippen LogP contribution is 2.24. The Morgan fingerprint density at radius 3 is 2.29 bits per heavy atom. The van der Waals surface area contributed by atoms with Crippen LogP contribution in [0.1, 0.15) is 33.1 Å². The van der Waals surface area contributed by atoms with Gasteiger partial charge in [0.1, 0.15) is 0 Å². The molecule has 2 N–H and O–H groups in total. The first-order chi connectivity index (χ1) is 7.73. The second-order valence-corrected chi connectivity index (χ2v) is 5.42. The van der Waals surface area contributed by atoms with Crippen molar-refractivity contribution in [2.24, 2.45) is 5.41 Å². The highest BCUT2D eigenvalue weighted by Gasteiger charge is 2.24. The monoisotopic (exact) mass is 244 g/mol. The summed E-state index contributed by atoms with van der Waals surface area (Å²) in [6.45, 7) is 5.15. The number of aliphatic carboxylic acids is 1. The summed E-state index contributed by atoms with van der Waals surface area (Å²) in [6.07, 6.45) is 1.16. The standard InChI is InChI=1S/C12H24N2O3/c1-12(2,9-11(16)17)8-10(15)13-6-5-7-14(3)4/h5-9H2,1-4H3,(H,13,15)(H,16,17). The number of hydrogen-bond acceptors (Lipinski definition) is 3. The quantitative estimate of drug-likeness (QED) is 0.624. The number of nitrogens with one attached hydrogen (secondary N) is 1. The molecule has 0 aromatic heterocycles. The number of hydrogen-bond donors (Lipinski definition) is 2. The normalized spacial score (nSPS) is 11.6. The van der Waals surface area contributed by atoms with Gasteiger partial charge in [-0.2, -0.15) is 0 Å². The molecule has 0 aromatic carbocycles. The molecule has 5 heteroatoms. The largest absolute Gasteiger partial charge is 0.481 e. The maximum atomic E-state index is 11.6. The fraction of sp³-hybridized carbons (Fsp3) is 0.833. The van der Waals surface area contributed by atoms with Gasteiger partial charge in [-0.1, -0.05) is 13.8 Å². The maximum absolute atomic E-state index is 11.6. The summed E-state index contributed by atoms with van der Waals surface area (Å²) >= 11 is 0. The third-order valence-electron chi connectivity index (χ3n) is 2.37. The minimum absolute atomic E-state index is 0.0120. The van der Waals surface area contributed by atoms with Crippen LogP contribution in [-0.2, 0) is 9.59 Å². The van der Waals surface area contributed by atoms with Gasteiger partial charge in [-0.15, -0.1) is 0 Å². The van der Waals surface area contributed by atoms with Crippen molar-refractivity contribution >= 4 is 11.9 Å². The summed E-state index contributed by atoms with van der Waals surface area (Å²) in [5.74, 6) is -0.939. The molecule has 0 aliphatic rings. The van der Waals surface area contributed by atoms with E-state index in [2.05, 4.69) is 10.2 Å². The molecule has 0 saturated carbocycles. The fourth-order valence-corrected chi connectivity index (χ4v) is 1.59. The number of rotatable bonds is 8. The van der Waals surface area contributed by atoms with Crippen LogP contribution in [0.5, 0.6) is 0 Å². The Kier molecular flexibility index (Phi) is 6.80. The molecule has 0 spiro atoms. The molecule has 0 bridgehead atoms. The second kappa shape index (κ2) is 7.27. The van der Waals surface area contributed by atoms with Crippen LogP contribution in [0.25, 0.3) is 0 Å². The van der Waals surface area contributed by atoms with E-state index in [1.54, 1.807) is 13.8 Å². The van der Waals surface area contributed by atoms with E-state index in [-0.39, 0.29) is 18.7 Å². The van der Waals surface area contributed by atoms with E-state index in [0.29, 0.717) is 6.54 Å². The topological polar surface area (TPSA) is 69.6 Å². The van der Waals surface area contributed by atoms with Gasteiger partial charge < -0.3 is 15.3 Å². The molecule has 0 fully saturated rings. The van der Waals surface area contributed by atoms with Crippen LogP contribution in [0.15, 0.2) is 0 Å². The SMILES string of the molecule is CN(C)CCCNC(=O)CC(C)(C)CC(=O)O. The summed E-state index contributed by atoms with van der Waals surface area (Å²) in [6, 6.07) is 0. The fourth-order valence-electron chi connectivity index (χ4n) is 1.59. The maximum Gasteiger partial charge on any atom is 0.303 e. The Hall–Kier alpha value is -1.10. The summed E-state index contributed by atoms with van der Waals surface area (Å²) in [5.41, 5.74) is -0.489. The van der Waals surface area contributed by atoms with Crippen molar-refractivity contribution in [2.45, 2.75) is 33.1 Å². The Bertz CT molecular complexity index is 262. The molecule has 0 radical (unpaired) electrons. The molecule has 100 valence electrons. The van der Waals surface area contributed by atoms with E-state index in [0.717, 1.165) is 13.0 Å². The molecule has 0 aliphatic carbocycles. The third-order valence-corrected chi connectivity index (χ3v) is 2.37. The first-order valence-corrected chi connectivity index (χ1v) is 5.86. The predicted molar refractivity (Wildman–Crippen MR) is 66.8 cm³/mol. The highest BCUT2D eigenvalue weighted by molar-refractivity contribution is 5.77. The lowest BCUT2D eigenvalue weighted by atomic mass is 9.85. The molecule has 0 unspecified atom stereocenters. The molecule has 0 aromatic rings. The Morgan fingerprint density at radius 1 is 1.24 bits per heavy atom. The molecular weight excluding hydrogens is 220 g/mol. The molecule has 0 saturated heterocycles. The lowest BCUT2D eigenvalue weighted by Gasteiger charge is -2.21. The zero-order chi connectivity index (χ0) is 13.5.